The van der Waals surface area contributed by atoms with Gasteiger partial charge in [0.05, 0.1) is 6.04 Å². The predicted molar refractivity (Wildman–Crippen MR) is 128 cm³/mol. The van der Waals surface area contributed by atoms with Crippen LogP contribution < -0.4 is 16.0 Å². The Morgan fingerprint density at radius 1 is 1.11 bits per heavy atom. The molecule has 1 aliphatic heterocycles. The number of aryl methyl sites for hydroxylation is 1. The standard InChI is InChI=1S/C24H25F3N8/c1-3-19-22-32-33-23(24(25,26)27)35(22)10-9-34(19)20-11-14(2)15(13-31-20)12-30-18-6-4-5-17-16(18)7-8-29-21(17)28/h4-8,11,13,19,30H,3,9-10,12H2,1-2H3,(H2,28,29). The van der Waals surface area contributed by atoms with Crippen molar-refractivity contribution >= 4 is 28.1 Å². The highest BCUT2D eigenvalue weighted by Crippen LogP contribution is 2.36. The first-order chi connectivity index (χ1) is 16.8. The number of nitrogen functional groups attached to an aromatic ring is 1. The molecule has 1 aromatic carbocycles. The van der Waals surface area contributed by atoms with E-state index < -0.39 is 12.0 Å². The molecular weight excluding hydrogens is 457 g/mol. The van der Waals surface area contributed by atoms with Crippen LogP contribution >= 0.6 is 0 Å². The van der Waals surface area contributed by atoms with E-state index >= 15 is 0 Å². The number of rotatable bonds is 5. The van der Waals surface area contributed by atoms with Crippen molar-refractivity contribution in [1.29, 1.82) is 0 Å². The normalized spacial score (nSPS) is 15.9. The molecule has 1 aliphatic rings. The Kier molecular flexibility index (Phi) is 5.70. The second-order valence-corrected chi connectivity index (χ2v) is 8.57. The Labute approximate surface area is 200 Å². The Morgan fingerprint density at radius 2 is 1.94 bits per heavy atom. The fourth-order valence-corrected chi connectivity index (χ4v) is 4.66. The van der Waals surface area contributed by atoms with Gasteiger partial charge in [-0.1, -0.05) is 19.1 Å². The van der Waals surface area contributed by atoms with E-state index in [-0.39, 0.29) is 12.6 Å². The van der Waals surface area contributed by atoms with E-state index in [1.807, 2.05) is 55.3 Å². The molecule has 0 amide bonds. The summed E-state index contributed by atoms with van der Waals surface area (Å²) < 4.78 is 41.1. The third kappa shape index (κ3) is 4.11. The van der Waals surface area contributed by atoms with E-state index in [4.69, 9.17) is 5.73 Å². The molecule has 4 heterocycles. The van der Waals surface area contributed by atoms with E-state index in [2.05, 4.69) is 25.5 Å². The van der Waals surface area contributed by atoms with Crippen LogP contribution in [0.5, 0.6) is 0 Å². The number of halogens is 3. The van der Waals surface area contributed by atoms with Crippen LogP contribution in [0.15, 0.2) is 42.7 Å². The maximum atomic E-state index is 13.3. The number of nitrogens with two attached hydrogens (primary N) is 1. The molecule has 0 saturated heterocycles. The maximum absolute atomic E-state index is 13.3. The molecule has 35 heavy (non-hydrogen) atoms. The molecule has 1 unspecified atom stereocenters. The zero-order valence-corrected chi connectivity index (χ0v) is 19.3. The Bertz CT molecular complexity index is 1380. The fourth-order valence-electron chi connectivity index (χ4n) is 4.66. The highest BCUT2D eigenvalue weighted by atomic mass is 19.4. The largest absolute Gasteiger partial charge is 0.451 e. The molecule has 0 aliphatic carbocycles. The molecule has 0 saturated carbocycles. The van der Waals surface area contributed by atoms with E-state index in [9.17, 15) is 13.2 Å². The molecular formula is C24H25F3N8. The van der Waals surface area contributed by atoms with Crippen molar-refractivity contribution in [2.75, 3.05) is 22.5 Å². The number of anilines is 3. The molecule has 8 nitrogen and oxygen atoms in total. The van der Waals surface area contributed by atoms with Crippen LogP contribution in [0.25, 0.3) is 10.8 Å². The zero-order valence-electron chi connectivity index (χ0n) is 19.3. The summed E-state index contributed by atoms with van der Waals surface area (Å²) in [4.78, 5) is 10.8. The number of aromatic nitrogens is 5. The van der Waals surface area contributed by atoms with Gasteiger partial charge >= 0.3 is 6.18 Å². The summed E-state index contributed by atoms with van der Waals surface area (Å²) in [6.45, 7) is 5.02. The average molecular weight is 483 g/mol. The third-order valence-corrected chi connectivity index (χ3v) is 6.46. The lowest BCUT2D eigenvalue weighted by Gasteiger charge is -2.36. The number of fused-ring (bicyclic) bond motifs is 2. The second kappa shape index (κ2) is 8.71. The zero-order chi connectivity index (χ0) is 24.7. The average Bonchev–Trinajstić information content (AvgIpc) is 3.28. The number of pyridine rings is 2. The minimum absolute atomic E-state index is 0.150. The lowest BCUT2D eigenvalue weighted by Crippen LogP contribution is -2.39. The van der Waals surface area contributed by atoms with Crippen molar-refractivity contribution < 1.29 is 13.2 Å². The van der Waals surface area contributed by atoms with Gasteiger partial charge in [-0.3, -0.25) is 0 Å². The molecule has 0 spiro atoms. The number of nitrogens with zero attached hydrogens (tertiary/aromatic N) is 6. The van der Waals surface area contributed by atoms with Gasteiger partial charge < -0.3 is 20.5 Å². The minimum atomic E-state index is -4.53. The lowest BCUT2D eigenvalue weighted by atomic mass is 10.1. The van der Waals surface area contributed by atoms with Gasteiger partial charge in [-0.25, -0.2) is 9.97 Å². The molecule has 0 fully saturated rings. The Balaban J connectivity index is 1.37. The van der Waals surface area contributed by atoms with Gasteiger partial charge in [0, 0.05) is 48.5 Å². The molecule has 3 aromatic heterocycles. The Morgan fingerprint density at radius 3 is 2.69 bits per heavy atom. The number of hydrogen-bond acceptors (Lipinski definition) is 7. The van der Waals surface area contributed by atoms with Gasteiger partial charge in [-0.15, -0.1) is 10.2 Å². The second-order valence-electron chi connectivity index (χ2n) is 8.57. The van der Waals surface area contributed by atoms with Gasteiger partial charge in [0.1, 0.15) is 11.6 Å². The molecule has 3 N–H and O–H groups in total. The third-order valence-electron chi connectivity index (χ3n) is 6.46. The van der Waals surface area contributed by atoms with Crippen molar-refractivity contribution in [2.45, 2.75) is 45.6 Å². The maximum Gasteiger partial charge on any atom is 0.451 e. The summed E-state index contributed by atoms with van der Waals surface area (Å²) >= 11 is 0. The predicted octanol–water partition coefficient (Wildman–Crippen LogP) is 4.71. The minimum Gasteiger partial charge on any atom is -0.383 e. The number of nitrogens with one attached hydrogen (secondary N) is 1. The summed E-state index contributed by atoms with van der Waals surface area (Å²) in [5.41, 5.74) is 8.99. The number of alkyl halides is 3. The summed E-state index contributed by atoms with van der Waals surface area (Å²) in [5.74, 6) is 0.576. The highest BCUT2D eigenvalue weighted by Gasteiger charge is 2.41. The molecule has 11 heteroatoms. The van der Waals surface area contributed by atoms with Crippen molar-refractivity contribution in [1.82, 2.24) is 24.7 Å². The summed E-state index contributed by atoms with van der Waals surface area (Å²) in [6.07, 6.45) is -0.446. The molecule has 0 bridgehead atoms. The van der Waals surface area contributed by atoms with Crippen molar-refractivity contribution in [3.8, 4) is 0 Å². The van der Waals surface area contributed by atoms with Crippen LogP contribution in [-0.4, -0.2) is 31.3 Å². The molecule has 4 aromatic rings. The lowest BCUT2D eigenvalue weighted by molar-refractivity contribution is -0.147. The van der Waals surface area contributed by atoms with Gasteiger partial charge in [-0.05, 0) is 42.7 Å². The van der Waals surface area contributed by atoms with Crippen LogP contribution in [0.2, 0.25) is 0 Å². The van der Waals surface area contributed by atoms with Crippen molar-refractivity contribution in [2.24, 2.45) is 0 Å². The van der Waals surface area contributed by atoms with Crippen LogP contribution in [0, 0.1) is 6.92 Å². The van der Waals surface area contributed by atoms with Crippen molar-refractivity contribution in [3.63, 3.8) is 0 Å². The first kappa shape index (κ1) is 22.9. The van der Waals surface area contributed by atoms with Crippen molar-refractivity contribution in [3.05, 3.63) is 65.5 Å². The van der Waals surface area contributed by atoms with Crippen LogP contribution in [0.3, 0.4) is 0 Å². The smallest absolute Gasteiger partial charge is 0.383 e. The summed E-state index contributed by atoms with van der Waals surface area (Å²) in [5, 5.41) is 12.6. The molecule has 0 radical (unpaired) electrons. The van der Waals surface area contributed by atoms with E-state index in [0.717, 1.165) is 27.6 Å². The van der Waals surface area contributed by atoms with Crippen LogP contribution in [-0.2, 0) is 19.3 Å². The summed E-state index contributed by atoms with van der Waals surface area (Å²) in [7, 11) is 0. The van der Waals surface area contributed by atoms with Gasteiger partial charge in [0.2, 0.25) is 5.82 Å². The number of hydrogen-bond donors (Lipinski definition) is 2. The molecule has 182 valence electrons. The monoisotopic (exact) mass is 482 g/mol. The molecule has 5 rings (SSSR count). The van der Waals surface area contributed by atoms with E-state index in [0.29, 0.717) is 37.0 Å². The van der Waals surface area contributed by atoms with Gasteiger partial charge in [0.25, 0.3) is 0 Å². The quantitative estimate of drug-likeness (QED) is 0.425. The topological polar surface area (TPSA) is 97.8 Å². The first-order valence-electron chi connectivity index (χ1n) is 11.4. The van der Waals surface area contributed by atoms with Crippen LogP contribution in [0.1, 0.15) is 42.2 Å². The fraction of sp³-hybridized carbons (Fsp3) is 0.333. The van der Waals surface area contributed by atoms with Gasteiger partial charge in [-0.2, -0.15) is 13.2 Å². The number of benzene rings is 1. The Hall–Kier alpha value is -3.89. The highest BCUT2D eigenvalue weighted by molar-refractivity contribution is 5.99. The first-order valence-corrected chi connectivity index (χ1v) is 11.4. The van der Waals surface area contributed by atoms with Crippen LogP contribution in [0.4, 0.5) is 30.5 Å². The van der Waals surface area contributed by atoms with E-state index in [1.54, 1.807) is 6.20 Å². The molecule has 1 atom stereocenters. The van der Waals surface area contributed by atoms with E-state index in [1.165, 1.54) is 4.57 Å². The van der Waals surface area contributed by atoms with Gasteiger partial charge in [0.15, 0.2) is 5.82 Å². The summed E-state index contributed by atoms with van der Waals surface area (Å²) in [6, 6.07) is 9.42. The SMILES string of the molecule is CCC1c2nnc(C(F)(F)F)n2CCN1c1cc(C)c(CNc2cccc3c(N)nccc23)cn1.